The number of carbonyl (C=O) groups is 2. The molecule has 25 heavy (non-hydrogen) atoms. The molecule has 2 rings (SSSR count). The van der Waals surface area contributed by atoms with Crippen LogP contribution in [-0.4, -0.2) is 25.0 Å². The van der Waals surface area contributed by atoms with Crippen LogP contribution in [0, 0.1) is 6.92 Å². The van der Waals surface area contributed by atoms with Crippen molar-refractivity contribution in [2.45, 2.75) is 27.2 Å². The van der Waals surface area contributed by atoms with Crippen molar-refractivity contribution >= 4 is 23.2 Å². The highest BCUT2D eigenvalue weighted by atomic mass is 16.5. The lowest BCUT2D eigenvalue weighted by Crippen LogP contribution is -2.32. The van der Waals surface area contributed by atoms with Gasteiger partial charge in [-0.15, -0.1) is 0 Å². The van der Waals surface area contributed by atoms with E-state index in [2.05, 4.69) is 5.32 Å². The van der Waals surface area contributed by atoms with Crippen LogP contribution in [0.5, 0.6) is 5.75 Å². The van der Waals surface area contributed by atoms with E-state index in [0.717, 1.165) is 17.0 Å². The Morgan fingerprint density at radius 3 is 2.44 bits per heavy atom. The maximum absolute atomic E-state index is 12.2. The Morgan fingerprint density at radius 2 is 1.84 bits per heavy atom. The first-order valence-electron chi connectivity index (χ1n) is 8.37. The molecule has 0 aliphatic heterocycles. The highest BCUT2D eigenvalue weighted by Gasteiger charge is 2.13. The van der Waals surface area contributed by atoms with E-state index in [1.807, 2.05) is 50.2 Å². The number of nitrogens with one attached hydrogen (secondary N) is 1. The Morgan fingerprint density at radius 1 is 1.12 bits per heavy atom. The van der Waals surface area contributed by atoms with Gasteiger partial charge in [0.2, 0.25) is 11.8 Å². The Kier molecular flexibility index (Phi) is 6.57. The van der Waals surface area contributed by atoms with Crippen molar-refractivity contribution in [1.29, 1.82) is 0 Å². The second-order valence-electron chi connectivity index (χ2n) is 5.77. The minimum atomic E-state index is -0.136. The molecule has 0 atom stereocenters. The molecule has 1 N–H and O–H groups in total. The molecule has 0 fully saturated rings. The summed E-state index contributed by atoms with van der Waals surface area (Å²) in [7, 11) is 0. The fraction of sp³-hybridized carbons (Fsp3) is 0.300. The smallest absolute Gasteiger partial charge is 0.226 e. The third-order valence-corrected chi connectivity index (χ3v) is 3.70. The molecule has 5 heteroatoms. The first-order chi connectivity index (χ1) is 12.0. The van der Waals surface area contributed by atoms with Gasteiger partial charge in [0.1, 0.15) is 5.75 Å². The van der Waals surface area contributed by atoms with Gasteiger partial charge in [0.15, 0.2) is 0 Å². The summed E-state index contributed by atoms with van der Waals surface area (Å²) in [6.45, 7) is 6.34. The molecular weight excluding hydrogens is 316 g/mol. The molecule has 2 amide bonds. The van der Waals surface area contributed by atoms with Crippen LogP contribution < -0.4 is 15.0 Å². The molecule has 2 aromatic carbocycles. The topological polar surface area (TPSA) is 58.6 Å². The van der Waals surface area contributed by atoms with E-state index in [4.69, 9.17) is 4.74 Å². The number of carbonyl (C=O) groups excluding carboxylic acids is 2. The number of nitrogens with zero attached hydrogens (tertiary/aromatic N) is 1. The van der Waals surface area contributed by atoms with Gasteiger partial charge in [-0.25, -0.2) is 0 Å². The van der Waals surface area contributed by atoms with Crippen LogP contribution in [0.25, 0.3) is 0 Å². The molecule has 0 aromatic heterocycles. The minimum Gasteiger partial charge on any atom is -0.494 e. The summed E-state index contributed by atoms with van der Waals surface area (Å²) in [6, 6.07) is 14.9. The van der Waals surface area contributed by atoms with Crippen molar-refractivity contribution in [3.05, 3.63) is 54.1 Å². The van der Waals surface area contributed by atoms with Crippen LogP contribution in [-0.2, 0) is 9.59 Å². The van der Waals surface area contributed by atoms with Gasteiger partial charge in [0.05, 0.1) is 6.61 Å². The average molecular weight is 340 g/mol. The Labute approximate surface area is 148 Å². The molecule has 0 bridgehead atoms. The number of amides is 2. The van der Waals surface area contributed by atoms with Crippen molar-refractivity contribution in [1.82, 2.24) is 0 Å². The molecule has 0 aliphatic rings. The van der Waals surface area contributed by atoms with Crippen LogP contribution in [0.2, 0.25) is 0 Å². The van der Waals surface area contributed by atoms with Crippen molar-refractivity contribution in [2.75, 3.05) is 23.4 Å². The van der Waals surface area contributed by atoms with E-state index in [1.165, 1.54) is 6.92 Å². The minimum absolute atomic E-state index is 0.0838. The normalized spacial score (nSPS) is 10.2. The number of benzene rings is 2. The number of aryl methyl sites for hydroxylation is 1. The van der Waals surface area contributed by atoms with E-state index >= 15 is 0 Å². The van der Waals surface area contributed by atoms with Crippen LogP contribution >= 0.6 is 0 Å². The summed E-state index contributed by atoms with van der Waals surface area (Å²) in [5.74, 6) is 0.547. The fourth-order valence-corrected chi connectivity index (χ4v) is 2.50. The van der Waals surface area contributed by atoms with Crippen LogP contribution in [0.15, 0.2) is 48.5 Å². The molecule has 0 radical (unpaired) electrons. The lowest BCUT2D eigenvalue weighted by Gasteiger charge is -2.21. The molecule has 2 aromatic rings. The SMILES string of the molecule is CCOc1ccc(NC(=O)CCN(C(C)=O)c2cccc(C)c2)cc1. The molecule has 0 saturated heterocycles. The van der Waals surface area contributed by atoms with Gasteiger partial charge in [0.25, 0.3) is 0 Å². The zero-order chi connectivity index (χ0) is 18.2. The third kappa shape index (κ3) is 5.64. The van der Waals surface area contributed by atoms with Gasteiger partial charge < -0.3 is 15.0 Å². The number of anilines is 2. The number of hydrogen-bond donors (Lipinski definition) is 1. The molecule has 0 unspecified atom stereocenters. The summed E-state index contributed by atoms with van der Waals surface area (Å²) in [4.78, 5) is 25.7. The number of hydrogen-bond acceptors (Lipinski definition) is 3. The van der Waals surface area contributed by atoms with Crippen molar-refractivity contribution in [3.8, 4) is 5.75 Å². The molecular formula is C20H24N2O3. The lowest BCUT2D eigenvalue weighted by atomic mass is 10.2. The summed E-state index contributed by atoms with van der Waals surface area (Å²) >= 11 is 0. The van der Waals surface area contributed by atoms with E-state index < -0.39 is 0 Å². The lowest BCUT2D eigenvalue weighted by molar-refractivity contribution is -0.117. The quantitative estimate of drug-likeness (QED) is 0.834. The molecule has 0 saturated carbocycles. The third-order valence-electron chi connectivity index (χ3n) is 3.70. The molecule has 132 valence electrons. The number of rotatable bonds is 7. The molecule has 0 spiro atoms. The maximum Gasteiger partial charge on any atom is 0.226 e. The van der Waals surface area contributed by atoms with Crippen molar-refractivity contribution in [2.24, 2.45) is 0 Å². The Hall–Kier alpha value is -2.82. The zero-order valence-corrected chi connectivity index (χ0v) is 14.9. The molecule has 0 aliphatic carbocycles. The standard InChI is InChI=1S/C20H24N2O3/c1-4-25-19-10-8-17(9-11-19)21-20(24)12-13-22(16(3)23)18-7-5-6-15(2)14-18/h5-11,14H,4,12-13H2,1-3H3,(H,21,24). The van der Waals surface area contributed by atoms with Gasteiger partial charge in [-0.2, -0.15) is 0 Å². The molecule has 0 heterocycles. The first kappa shape index (κ1) is 18.5. The van der Waals surface area contributed by atoms with Crippen LogP contribution in [0.4, 0.5) is 11.4 Å². The monoisotopic (exact) mass is 340 g/mol. The largest absolute Gasteiger partial charge is 0.494 e. The zero-order valence-electron chi connectivity index (χ0n) is 14.9. The predicted octanol–water partition coefficient (Wildman–Crippen LogP) is 3.78. The van der Waals surface area contributed by atoms with Crippen molar-refractivity contribution in [3.63, 3.8) is 0 Å². The first-order valence-corrected chi connectivity index (χ1v) is 8.37. The average Bonchev–Trinajstić information content (AvgIpc) is 2.57. The maximum atomic E-state index is 12.2. The predicted molar refractivity (Wildman–Crippen MR) is 100 cm³/mol. The summed E-state index contributed by atoms with van der Waals surface area (Å²) in [5, 5.41) is 2.84. The van der Waals surface area contributed by atoms with E-state index in [0.29, 0.717) is 18.8 Å². The van der Waals surface area contributed by atoms with Gasteiger partial charge in [-0.3, -0.25) is 9.59 Å². The van der Waals surface area contributed by atoms with Gasteiger partial charge in [0, 0.05) is 31.3 Å². The van der Waals surface area contributed by atoms with Crippen molar-refractivity contribution < 1.29 is 14.3 Å². The highest BCUT2D eigenvalue weighted by molar-refractivity contribution is 5.94. The van der Waals surface area contributed by atoms with Gasteiger partial charge in [-0.1, -0.05) is 12.1 Å². The van der Waals surface area contributed by atoms with Crippen LogP contribution in [0.1, 0.15) is 25.8 Å². The summed E-state index contributed by atoms with van der Waals surface area (Å²) in [5.41, 5.74) is 2.59. The Bertz CT molecular complexity index is 726. The molecule has 5 nitrogen and oxygen atoms in total. The number of ether oxygens (including phenoxy) is 1. The van der Waals surface area contributed by atoms with Gasteiger partial charge >= 0.3 is 0 Å². The van der Waals surface area contributed by atoms with Crippen LogP contribution in [0.3, 0.4) is 0 Å². The second-order valence-corrected chi connectivity index (χ2v) is 5.77. The van der Waals surface area contributed by atoms with Gasteiger partial charge in [-0.05, 0) is 55.8 Å². The Balaban J connectivity index is 1.93. The highest BCUT2D eigenvalue weighted by Crippen LogP contribution is 2.18. The van der Waals surface area contributed by atoms with E-state index in [1.54, 1.807) is 17.0 Å². The summed E-state index contributed by atoms with van der Waals surface area (Å²) in [6.07, 6.45) is 0.223. The summed E-state index contributed by atoms with van der Waals surface area (Å²) < 4.78 is 5.37. The second kappa shape index (κ2) is 8.87. The fourth-order valence-electron chi connectivity index (χ4n) is 2.50. The van der Waals surface area contributed by atoms with E-state index in [9.17, 15) is 9.59 Å². The van der Waals surface area contributed by atoms with E-state index in [-0.39, 0.29) is 18.2 Å².